The van der Waals surface area contributed by atoms with Crippen molar-refractivity contribution in [2.75, 3.05) is 0 Å². The number of unbranched alkanes of at least 4 members (excludes halogenated alkanes) is 1. The molecular formula is C13H24O3. The number of aliphatic carboxylic acids is 1. The maximum atomic E-state index is 10.6. The molecule has 0 radical (unpaired) electrons. The van der Waals surface area contributed by atoms with Crippen molar-refractivity contribution >= 4 is 5.97 Å². The third kappa shape index (κ3) is 5.91. The number of hydrogen-bond donors (Lipinski definition) is 2. The van der Waals surface area contributed by atoms with Crippen LogP contribution in [0.25, 0.3) is 0 Å². The fourth-order valence-corrected chi connectivity index (χ4v) is 1.78. The Morgan fingerprint density at radius 2 is 1.94 bits per heavy atom. The molecule has 2 atom stereocenters. The molecule has 0 bridgehead atoms. The summed E-state index contributed by atoms with van der Waals surface area (Å²) in [5, 5.41) is 18.6. The Hall–Kier alpha value is -0.830. The zero-order valence-electron chi connectivity index (χ0n) is 10.4. The number of aliphatic hydroxyl groups excluding tert-OH is 1. The molecule has 0 aliphatic heterocycles. The van der Waals surface area contributed by atoms with Gasteiger partial charge in [0.2, 0.25) is 0 Å². The second-order valence-corrected chi connectivity index (χ2v) is 4.33. The lowest BCUT2D eigenvalue weighted by molar-refractivity contribution is -0.132. The second kappa shape index (κ2) is 8.34. The van der Waals surface area contributed by atoms with Crippen LogP contribution in [0.15, 0.2) is 12.2 Å². The normalized spacial score (nSPS) is 14.4. The number of carbonyl (C=O) groups is 1. The lowest BCUT2D eigenvalue weighted by Gasteiger charge is -2.21. The highest BCUT2D eigenvalue weighted by molar-refractivity contribution is 5.85. The van der Waals surface area contributed by atoms with Crippen molar-refractivity contribution in [2.45, 2.75) is 58.5 Å². The minimum Gasteiger partial charge on any atom is -0.478 e. The van der Waals surface area contributed by atoms with E-state index in [4.69, 9.17) is 5.11 Å². The molecule has 0 saturated heterocycles. The summed E-state index contributed by atoms with van der Waals surface area (Å²) in [6.07, 6.45) is 4.69. The minimum atomic E-state index is -0.932. The van der Waals surface area contributed by atoms with Gasteiger partial charge in [-0.05, 0) is 25.2 Å². The van der Waals surface area contributed by atoms with E-state index in [1.54, 1.807) is 0 Å². The molecule has 0 heterocycles. The van der Waals surface area contributed by atoms with Gasteiger partial charge in [0.1, 0.15) is 0 Å². The lowest BCUT2D eigenvalue weighted by atomic mass is 9.89. The summed E-state index contributed by atoms with van der Waals surface area (Å²) in [5.41, 5.74) is 0.237. The van der Waals surface area contributed by atoms with Gasteiger partial charge in [-0.1, -0.05) is 39.7 Å². The quantitative estimate of drug-likeness (QED) is 0.596. The monoisotopic (exact) mass is 228 g/mol. The Bertz CT molecular complexity index is 223. The molecule has 0 fully saturated rings. The van der Waals surface area contributed by atoms with E-state index in [1.807, 2.05) is 6.92 Å². The van der Waals surface area contributed by atoms with Gasteiger partial charge in [-0.2, -0.15) is 0 Å². The molecule has 0 spiro atoms. The number of hydrogen-bond acceptors (Lipinski definition) is 2. The van der Waals surface area contributed by atoms with Crippen molar-refractivity contribution < 1.29 is 15.0 Å². The Morgan fingerprint density at radius 1 is 1.31 bits per heavy atom. The highest BCUT2D eigenvalue weighted by Gasteiger charge is 2.17. The van der Waals surface area contributed by atoms with Gasteiger partial charge in [-0.3, -0.25) is 0 Å². The predicted molar refractivity (Wildman–Crippen MR) is 65.3 cm³/mol. The van der Waals surface area contributed by atoms with Crippen molar-refractivity contribution in [3.8, 4) is 0 Å². The third-order valence-corrected chi connectivity index (χ3v) is 3.04. The van der Waals surface area contributed by atoms with E-state index in [0.29, 0.717) is 12.8 Å². The van der Waals surface area contributed by atoms with Crippen LogP contribution in [-0.4, -0.2) is 22.3 Å². The molecule has 0 amide bonds. The Kier molecular flexibility index (Phi) is 7.90. The lowest BCUT2D eigenvalue weighted by Crippen LogP contribution is -2.20. The first kappa shape index (κ1) is 15.2. The van der Waals surface area contributed by atoms with Gasteiger partial charge in [0.25, 0.3) is 0 Å². The van der Waals surface area contributed by atoms with Gasteiger partial charge >= 0.3 is 5.97 Å². The largest absolute Gasteiger partial charge is 0.478 e. The van der Waals surface area contributed by atoms with Crippen LogP contribution < -0.4 is 0 Å². The molecule has 0 aromatic carbocycles. The molecule has 3 nitrogen and oxygen atoms in total. The first-order chi connectivity index (χ1) is 7.52. The molecule has 0 rings (SSSR count). The number of aliphatic hydroxyl groups is 1. The number of rotatable bonds is 9. The SMILES string of the molecule is C=C(CCC(CC)C(O)CCCC)C(=O)O. The molecule has 2 unspecified atom stereocenters. The predicted octanol–water partition coefficient (Wildman–Crippen LogP) is 2.98. The Morgan fingerprint density at radius 3 is 2.38 bits per heavy atom. The summed E-state index contributed by atoms with van der Waals surface area (Å²) in [6, 6.07) is 0. The topological polar surface area (TPSA) is 57.5 Å². The van der Waals surface area contributed by atoms with Crippen LogP contribution in [0.3, 0.4) is 0 Å². The van der Waals surface area contributed by atoms with Crippen molar-refractivity contribution in [3.05, 3.63) is 12.2 Å². The van der Waals surface area contributed by atoms with E-state index in [2.05, 4.69) is 13.5 Å². The van der Waals surface area contributed by atoms with E-state index in [9.17, 15) is 9.90 Å². The third-order valence-electron chi connectivity index (χ3n) is 3.04. The highest BCUT2D eigenvalue weighted by Crippen LogP contribution is 2.21. The molecule has 0 aromatic heterocycles. The van der Waals surface area contributed by atoms with Crippen LogP contribution in [0, 0.1) is 5.92 Å². The fourth-order valence-electron chi connectivity index (χ4n) is 1.78. The Labute approximate surface area is 98.2 Å². The summed E-state index contributed by atoms with van der Waals surface area (Å²) < 4.78 is 0. The molecule has 94 valence electrons. The summed E-state index contributed by atoms with van der Waals surface area (Å²) >= 11 is 0. The fraction of sp³-hybridized carbons (Fsp3) is 0.769. The standard InChI is InChI=1S/C13H24O3/c1-4-6-7-12(14)11(5-2)9-8-10(3)13(15)16/h11-12,14H,3-9H2,1-2H3,(H,15,16). The van der Waals surface area contributed by atoms with E-state index < -0.39 is 5.97 Å². The van der Waals surface area contributed by atoms with Gasteiger partial charge in [0.15, 0.2) is 0 Å². The molecule has 3 heteroatoms. The van der Waals surface area contributed by atoms with Gasteiger partial charge in [0, 0.05) is 5.57 Å². The van der Waals surface area contributed by atoms with E-state index in [0.717, 1.165) is 25.7 Å². The molecule has 0 aliphatic rings. The number of carboxylic acid groups (broad SMARTS) is 1. The van der Waals surface area contributed by atoms with Crippen molar-refractivity contribution in [3.63, 3.8) is 0 Å². The zero-order valence-corrected chi connectivity index (χ0v) is 10.4. The smallest absolute Gasteiger partial charge is 0.330 e. The molecule has 0 saturated carbocycles. The summed E-state index contributed by atoms with van der Waals surface area (Å²) in [5.74, 6) is -0.736. The van der Waals surface area contributed by atoms with Crippen LogP contribution in [0.2, 0.25) is 0 Å². The van der Waals surface area contributed by atoms with Gasteiger partial charge in [0.05, 0.1) is 6.10 Å². The summed E-state index contributed by atoms with van der Waals surface area (Å²) in [7, 11) is 0. The van der Waals surface area contributed by atoms with Crippen LogP contribution in [0.1, 0.15) is 52.4 Å². The molecule has 2 N–H and O–H groups in total. The first-order valence-electron chi connectivity index (χ1n) is 6.12. The molecule has 0 aliphatic carbocycles. The second-order valence-electron chi connectivity index (χ2n) is 4.33. The minimum absolute atomic E-state index is 0.197. The van der Waals surface area contributed by atoms with Crippen LogP contribution >= 0.6 is 0 Å². The summed E-state index contributed by atoms with van der Waals surface area (Å²) in [4.78, 5) is 10.6. The molecule has 0 aromatic rings. The van der Waals surface area contributed by atoms with Crippen LogP contribution in [-0.2, 0) is 4.79 Å². The summed E-state index contributed by atoms with van der Waals surface area (Å²) in [6.45, 7) is 7.63. The van der Waals surface area contributed by atoms with E-state index in [-0.39, 0.29) is 17.6 Å². The molecule has 16 heavy (non-hydrogen) atoms. The first-order valence-corrected chi connectivity index (χ1v) is 6.12. The van der Waals surface area contributed by atoms with Gasteiger partial charge in [-0.25, -0.2) is 4.79 Å². The Balaban J connectivity index is 3.99. The average Bonchev–Trinajstić information content (AvgIpc) is 2.26. The van der Waals surface area contributed by atoms with Crippen molar-refractivity contribution in [2.24, 2.45) is 5.92 Å². The van der Waals surface area contributed by atoms with Crippen LogP contribution in [0.5, 0.6) is 0 Å². The van der Waals surface area contributed by atoms with Crippen molar-refractivity contribution in [1.29, 1.82) is 0 Å². The van der Waals surface area contributed by atoms with E-state index >= 15 is 0 Å². The maximum absolute atomic E-state index is 10.6. The van der Waals surface area contributed by atoms with Crippen molar-refractivity contribution in [1.82, 2.24) is 0 Å². The molecular weight excluding hydrogens is 204 g/mol. The highest BCUT2D eigenvalue weighted by atomic mass is 16.4. The number of carboxylic acids is 1. The van der Waals surface area contributed by atoms with Gasteiger partial charge in [-0.15, -0.1) is 0 Å². The van der Waals surface area contributed by atoms with E-state index in [1.165, 1.54) is 0 Å². The average molecular weight is 228 g/mol. The maximum Gasteiger partial charge on any atom is 0.330 e. The van der Waals surface area contributed by atoms with Gasteiger partial charge < -0.3 is 10.2 Å². The van der Waals surface area contributed by atoms with Crippen LogP contribution in [0.4, 0.5) is 0 Å². The zero-order chi connectivity index (χ0) is 12.6.